The Morgan fingerprint density at radius 1 is 0.971 bits per heavy atom. The summed E-state index contributed by atoms with van der Waals surface area (Å²) in [7, 11) is 0. The van der Waals surface area contributed by atoms with Crippen LogP contribution in [0.1, 0.15) is 74.8 Å². The molecule has 5 rings (SSSR count). The van der Waals surface area contributed by atoms with Crippen molar-refractivity contribution in [2.75, 3.05) is 0 Å². The maximum atomic E-state index is 13.7. The van der Waals surface area contributed by atoms with Crippen LogP contribution in [0.15, 0.2) is 64.8 Å². The number of carbonyl (C=O) groups is 2. The highest BCUT2D eigenvalue weighted by molar-refractivity contribution is 6.42. The van der Waals surface area contributed by atoms with Gasteiger partial charge in [0.15, 0.2) is 5.78 Å². The number of rotatable bonds is 4. The third-order valence-corrected chi connectivity index (χ3v) is 8.40. The average molecular weight is 510 g/mol. The lowest BCUT2D eigenvalue weighted by atomic mass is 9.69. The van der Waals surface area contributed by atoms with E-state index in [4.69, 9.17) is 32.9 Å². The first-order valence-corrected chi connectivity index (χ1v) is 13.2. The van der Waals surface area contributed by atoms with Gasteiger partial charge in [0.05, 0.1) is 10.0 Å². The lowest BCUT2D eigenvalue weighted by molar-refractivity contribution is -0.153. The number of nitrogens with zero attached hydrogens (tertiary/aromatic N) is 1. The minimum absolute atomic E-state index is 0.00728. The number of ether oxygens (including phenoxy) is 1. The second-order valence-electron chi connectivity index (χ2n) is 9.85. The Balaban J connectivity index is 1.56. The van der Waals surface area contributed by atoms with E-state index in [-0.39, 0.29) is 23.8 Å². The standard InChI is InChI=1S/C29H29Cl2NO3/c1-17-25(29(34)35-20-11-6-3-7-12-20)26(21-13-8-14-22(30)28(21)31)27-23(32-17)15-19(16-24(27)33)18-9-4-2-5-10-18/h2,4-5,8-10,13-14,19-20,25-26H,3,6-7,11-12,15-16H2,1H3/t19-,25?,26+/m1/s1. The van der Waals surface area contributed by atoms with Crippen molar-refractivity contribution in [3.63, 3.8) is 0 Å². The molecule has 0 radical (unpaired) electrons. The van der Waals surface area contributed by atoms with Gasteiger partial charge < -0.3 is 4.74 Å². The highest BCUT2D eigenvalue weighted by atomic mass is 35.5. The van der Waals surface area contributed by atoms with Gasteiger partial charge in [-0.1, -0.05) is 72.1 Å². The van der Waals surface area contributed by atoms with E-state index < -0.39 is 11.8 Å². The summed E-state index contributed by atoms with van der Waals surface area (Å²) < 4.78 is 6.00. The number of halogens is 2. The van der Waals surface area contributed by atoms with Gasteiger partial charge in [-0.25, -0.2) is 0 Å². The maximum absolute atomic E-state index is 13.7. The molecule has 2 aromatic rings. The molecule has 1 fully saturated rings. The Morgan fingerprint density at radius 2 is 1.71 bits per heavy atom. The van der Waals surface area contributed by atoms with Gasteiger partial charge in [-0.05, 0) is 62.1 Å². The predicted octanol–water partition coefficient (Wildman–Crippen LogP) is 7.44. The van der Waals surface area contributed by atoms with Gasteiger partial charge in [-0.3, -0.25) is 14.6 Å². The molecule has 6 heteroatoms. The molecular weight excluding hydrogens is 481 g/mol. The Bertz CT molecular complexity index is 1200. The zero-order chi connectivity index (χ0) is 24.5. The summed E-state index contributed by atoms with van der Waals surface area (Å²) in [6.45, 7) is 1.86. The lowest BCUT2D eigenvalue weighted by Gasteiger charge is -2.37. The molecule has 1 aliphatic heterocycles. The van der Waals surface area contributed by atoms with Gasteiger partial charge in [0, 0.05) is 29.3 Å². The van der Waals surface area contributed by atoms with Crippen LogP contribution in [0.2, 0.25) is 10.0 Å². The third-order valence-electron chi connectivity index (χ3n) is 7.57. The van der Waals surface area contributed by atoms with Gasteiger partial charge in [0.1, 0.15) is 12.0 Å². The van der Waals surface area contributed by atoms with Crippen molar-refractivity contribution in [2.45, 2.75) is 69.8 Å². The molecule has 0 N–H and O–H groups in total. The van der Waals surface area contributed by atoms with Crippen LogP contribution in [0, 0.1) is 5.92 Å². The number of esters is 1. The molecule has 0 amide bonds. The fraction of sp³-hybridized carbons (Fsp3) is 0.414. The van der Waals surface area contributed by atoms with Crippen molar-refractivity contribution in [3.8, 4) is 0 Å². The first-order valence-electron chi connectivity index (χ1n) is 12.4. The molecule has 2 aromatic carbocycles. The third kappa shape index (κ3) is 4.83. The van der Waals surface area contributed by atoms with Crippen LogP contribution in [0.25, 0.3) is 0 Å². The van der Waals surface area contributed by atoms with Crippen molar-refractivity contribution in [2.24, 2.45) is 10.9 Å². The quantitative estimate of drug-likeness (QED) is 0.402. The van der Waals surface area contributed by atoms with Gasteiger partial charge >= 0.3 is 5.97 Å². The number of carbonyl (C=O) groups excluding carboxylic acids is 2. The van der Waals surface area contributed by atoms with E-state index in [1.165, 1.54) is 6.42 Å². The molecule has 3 atom stereocenters. The molecule has 0 saturated heterocycles. The van der Waals surface area contributed by atoms with Crippen molar-refractivity contribution >= 4 is 40.7 Å². The van der Waals surface area contributed by atoms with E-state index in [1.54, 1.807) is 6.07 Å². The SMILES string of the molecule is CC1=NC2=C(C(=O)C[C@H](c3ccccc3)C2)[C@@H](c2cccc(Cl)c2Cl)C1C(=O)OC1CCCCC1. The Morgan fingerprint density at radius 3 is 2.46 bits per heavy atom. The number of benzene rings is 2. The molecule has 4 nitrogen and oxygen atoms in total. The number of aliphatic imine (C=N–C) groups is 1. The van der Waals surface area contributed by atoms with Crippen molar-refractivity contribution in [1.29, 1.82) is 0 Å². The van der Waals surface area contributed by atoms with Crippen LogP contribution >= 0.6 is 23.2 Å². The summed E-state index contributed by atoms with van der Waals surface area (Å²) in [5.41, 5.74) is 3.79. The van der Waals surface area contributed by atoms with Crippen LogP contribution < -0.4 is 0 Å². The molecule has 0 spiro atoms. The van der Waals surface area contributed by atoms with E-state index >= 15 is 0 Å². The minimum atomic E-state index is -0.705. The van der Waals surface area contributed by atoms with Crippen LogP contribution in [0.3, 0.4) is 0 Å². The van der Waals surface area contributed by atoms with E-state index in [0.29, 0.717) is 39.7 Å². The van der Waals surface area contributed by atoms with Crippen LogP contribution in [-0.2, 0) is 14.3 Å². The first-order chi connectivity index (χ1) is 16.9. The molecule has 35 heavy (non-hydrogen) atoms. The van der Waals surface area contributed by atoms with Crippen LogP contribution in [0.4, 0.5) is 0 Å². The molecule has 0 bridgehead atoms. The molecule has 1 saturated carbocycles. The minimum Gasteiger partial charge on any atom is -0.462 e. The second kappa shape index (κ2) is 10.3. The van der Waals surface area contributed by atoms with Gasteiger partial charge in [-0.2, -0.15) is 0 Å². The Hall–Kier alpha value is -2.43. The van der Waals surface area contributed by atoms with Crippen molar-refractivity contribution < 1.29 is 14.3 Å². The highest BCUT2D eigenvalue weighted by Gasteiger charge is 2.46. The van der Waals surface area contributed by atoms with Crippen LogP contribution in [0.5, 0.6) is 0 Å². The second-order valence-corrected chi connectivity index (χ2v) is 10.6. The normalized spacial score (nSPS) is 25.2. The Kier molecular flexibility index (Phi) is 7.13. The molecule has 182 valence electrons. The fourth-order valence-electron chi connectivity index (χ4n) is 5.84. The molecule has 1 heterocycles. The summed E-state index contributed by atoms with van der Waals surface area (Å²) in [4.78, 5) is 32.2. The van der Waals surface area contributed by atoms with E-state index in [9.17, 15) is 9.59 Å². The molecule has 2 aliphatic carbocycles. The topological polar surface area (TPSA) is 55.7 Å². The summed E-state index contributed by atoms with van der Waals surface area (Å²) in [5.74, 6) is -1.53. The van der Waals surface area contributed by atoms with Crippen LogP contribution in [-0.4, -0.2) is 23.6 Å². The summed E-state index contributed by atoms with van der Waals surface area (Å²) in [6.07, 6.45) is 5.98. The lowest BCUT2D eigenvalue weighted by Crippen LogP contribution is -2.39. The summed E-state index contributed by atoms with van der Waals surface area (Å²) in [6, 6.07) is 15.5. The zero-order valence-electron chi connectivity index (χ0n) is 19.8. The smallest absolute Gasteiger partial charge is 0.315 e. The van der Waals surface area contributed by atoms with E-state index in [2.05, 4.69) is 12.1 Å². The number of Topliss-reactive ketones (excluding diaryl/α,β-unsaturated/α-hetero) is 1. The number of ketones is 1. The van der Waals surface area contributed by atoms with E-state index in [0.717, 1.165) is 36.9 Å². The molecule has 0 aromatic heterocycles. The molecule has 3 aliphatic rings. The first kappa shape index (κ1) is 24.3. The van der Waals surface area contributed by atoms with Crippen molar-refractivity contribution in [1.82, 2.24) is 0 Å². The zero-order valence-corrected chi connectivity index (χ0v) is 21.3. The highest BCUT2D eigenvalue weighted by Crippen LogP contribution is 2.49. The summed E-state index contributed by atoms with van der Waals surface area (Å²) >= 11 is 13.1. The van der Waals surface area contributed by atoms with Gasteiger partial charge in [0.2, 0.25) is 0 Å². The maximum Gasteiger partial charge on any atom is 0.315 e. The van der Waals surface area contributed by atoms with Crippen molar-refractivity contribution in [3.05, 3.63) is 81.0 Å². The van der Waals surface area contributed by atoms with Gasteiger partial charge in [-0.15, -0.1) is 0 Å². The average Bonchev–Trinajstić information content (AvgIpc) is 2.86. The van der Waals surface area contributed by atoms with E-state index in [1.807, 2.05) is 37.3 Å². The molecular formula is C29H29Cl2NO3. The monoisotopic (exact) mass is 509 g/mol. The van der Waals surface area contributed by atoms with Gasteiger partial charge in [0.25, 0.3) is 0 Å². The molecule has 1 unspecified atom stereocenters. The predicted molar refractivity (Wildman–Crippen MR) is 139 cm³/mol. The fourth-order valence-corrected chi connectivity index (χ4v) is 6.27. The largest absolute Gasteiger partial charge is 0.462 e. The Labute approximate surface area is 216 Å². The summed E-state index contributed by atoms with van der Waals surface area (Å²) in [5, 5.41) is 0.769. The number of hydrogen-bond acceptors (Lipinski definition) is 4. The number of allylic oxidation sites excluding steroid dienone is 2. The number of hydrogen-bond donors (Lipinski definition) is 0.